The second kappa shape index (κ2) is 14.3. The van der Waals surface area contributed by atoms with Crippen molar-refractivity contribution in [3.63, 3.8) is 0 Å². The van der Waals surface area contributed by atoms with Gasteiger partial charge in [0.1, 0.15) is 11.9 Å². The number of aliphatic hydroxyl groups is 3. The van der Waals surface area contributed by atoms with Crippen molar-refractivity contribution in [2.75, 3.05) is 18.5 Å². The number of allylic oxidation sites excluding steroid dienone is 1. The molecule has 1 aromatic rings. The highest BCUT2D eigenvalue weighted by Crippen LogP contribution is 2.29. The van der Waals surface area contributed by atoms with E-state index >= 15 is 0 Å². The average molecular weight is 521 g/mol. The summed E-state index contributed by atoms with van der Waals surface area (Å²) in [5.74, 6) is -2.16. The molecule has 6 N–H and O–H groups in total. The second-order valence-corrected chi connectivity index (χ2v) is 10.3. The molecule has 0 saturated heterocycles. The minimum absolute atomic E-state index is 0.0713. The number of nitrogens with one attached hydrogen (secondary N) is 1. The summed E-state index contributed by atoms with van der Waals surface area (Å²) >= 11 is 0. The molecule has 1 aliphatic rings. The zero-order valence-corrected chi connectivity index (χ0v) is 22.1. The van der Waals surface area contributed by atoms with E-state index in [1.54, 1.807) is 39.0 Å². The summed E-state index contributed by atoms with van der Waals surface area (Å²) in [6.45, 7) is 6.58. The number of carbonyl (C=O) groups excluding carboxylic acids is 2. The Kier molecular flexibility index (Phi) is 11.7. The first-order valence-corrected chi connectivity index (χ1v) is 12.8. The number of nitrogens with two attached hydrogens (primary N) is 1. The number of aliphatic hydroxyl groups excluding tert-OH is 3. The van der Waals surface area contributed by atoms with Gasteiger partial charge in [0, 0.05) is 42.2 Å². The molecule has 2 rings (SSSR count). The van der Waals surface area contributed by atoms with Crippen LogP contribution in [0.4, 0.5) is 14.9 Å². The summed E-state index contributed by atoms with van der Waals surface area (Å²) in [7, 11) is 0. The fourth-order valence-electron chi connectivity index (χ4n) is 5.00. The van der Waals surface area contributed by atoms with Crippen LogP contribution in [0, 0.1) is 29.5 Å². The van der Waals surface area contributed by atoms with Gasteiger partial charge in [-0.05, 0) is 74.8 Å². The molecule has 0 unspecified atom stereocenters. The third-order valence-electron chi connectivity index (χ3n) is 7.06. The van der Waals surface area contributed by atoms with E-state index in [0.717, 1.165) is 0 Å². The van der Waals surface area contributed by atoms with Gasteiger partial charge in [-0.25, -0.2) is 9.18 Å². The predicted octanol–water partition coefficient (Wildman–Crippen LogP) is 3.70. The van der Waals surface area contributed by atoms with Crippen LogP contribution in [-0.2, 0) is 16.0 Å². The highest BCUT2D eigenvalue weighted by atomic mass is 19.1. The lowest BCUT2D eigenvalue weighted by atomic mass is 9.82. The first-order valence-electron chi connectivity index (χ1n) is 12.8. The van der Waals surface area contributed by atoms with E-state index < -0.39 is 36.1 Å². The molecule has 6 atom stereocenters. The highest BCUT2D eigenvalue weighted by Gasteiger charge is 2.29. The Morgan fingerprint density at radius 3 is 2.49 bits per heavy atom. The monoisotopic (exact) mass is 520 g/mol. The Bertz CT molecular complexity index is 995. The van der Waals surface area contributed by atoms with Crippen LogP contribution in [-0.4, -0.2) is 52.7 Å². The molecule has 1 heterocycles. The number of halogens is 1. The minimum Gasteiger partial charge on any atom is -0.441 e. The Morgan fingerprint density at radius 1 is 1.19 bits per heavy atom. The number of hydrogen-bond donors (Lipinski definition) is 5. The number of fused-ring (bicyclic) bond motifs is 2. The summed E-state index contributed by atoms with van der Waals surface area (Å²) in [5, 5.41) is 33.9. The normalized spacial score (nSPS) is 28.6. The highest BCUT2D eigenvalue weighted by molar-refractivity contribution is 6.03. The third kappa shape index (κ3) is 8.94. The maximum absolute atomic E-state index is 14.6. The molecular formula is C28H41FN2O6. The quantitative estimate of drug-likeness (QED) is 0.385. The minimum atomic E-state index is -0.982. The van der Waals surface area contributed by atoms with Crippen LogP contribution in [0.1, 0.15) is 52.5 Å². The first-order chi connectivity index (χ1) is 17.5. The summed E-state index contributed by atoms with van der Waals surface area (Å²) in [6, 6.07) is 4.43. The van der Waals surface area contributed by atoms with Crippen molar-refractivity contribution in [3.05, 3.63) is 52.9 Å². The topological polar surface area (TPSA) is 142 Å². The number of carbonyl (C=O) groups is 2. The van der Waals surface area contributed by atoms with Crippen molar-refractivity contribution < 1.29 is 34.0 Å². The molecule has 206 valence electrons. The summed E-state index contributed by atoms with van der Waals surface area (Å²) < 4.78 is 19.9. The van der Waals surface area contributed by atoms with Gasteiger partial charge in [0.05, 0.1) is 6.10 Å². The molecule has 9 heteroatoms. The number of hydrogen-bond acceptors (Lipinski definition) is 6. The van der Waals surface area contributed by atoms with Crippen LogP contribution in [0.25, 0.3) is 0 Å². The molecule has 0 radical (unpaired) electrons. The van der Waals surface area contributed by atoms with E-state index in [-0.39, 0.29) is 30.9 Å². The molecule has 0 aromatic heterocycles. The lowest BCUT2D eigenvalue weighted by Gasteiger charge is -2.29. The van der Waals surface area contributed by atoms with Crippen molar-refractivity contribution >= 4 is 17.7 Å². The lowest BCUT2D eigenvalue weighted by Crippen LogP contribution is -2.34. The number of amides is 2. The van der Waals surface area contributed by atoms with Crippen LogP contribution < -0.4 is 11.1 Å². The van der Waals surface area contributed by atoms with Crippen molar-refractivity contribution in [2.45, 2.75) is 65.6 Å². The van der Waals surface area contributed by atoms with E-state index in [9.17, 15) is 29.3 Å². The van der Waals surface area contributed by atoms with Gasteiger partial charge in [0.15, 0.2) is 0 Å². The fraction of sp³-hybridized carbons (Fsp3) is 0.571. The lowest BCUT2D eigenvalue weighted by molar-refractivity contribution is -0.112. The summed E-state index contributed by atoms with van der Waals surface area (Å²) in [5.41, 5.74) is 7.28. The molecule has 1 aromatic carbocycles. The van der Waals surface area contributed by atoms with Gasteiger partial charge in [-0.2, -0.15) is 0 Å². The van der Waals surface area contributed by atoms with Crippen molar-refractivity contribution in [2.24, 2.45) is 29.4 Å². The number of anilines is 1. The molecule has 0 spiro atoms. The molecule has 2 amide bonds. The van der Waals surface area contributed by atoms with Gasteiger partial charge in [-0.1, -0.05) is 26.0 Å². The van der Waals surface area contributed by atoms with E-state index in [4.69, 9.17) is 10.5 Å². The van der Waals surface area contributed by atoms with Gasteiger partial charge in [-0.3, -0.25) is 4.79 Å². The van der Waals surface area contributed by atoms with Gasteiger partial charge >= 0.3 is 6.09 Å². The predicted molar refractivity (Wildman–Crippen MR) is 140 cm³/mol. The SMILES string of the molecule is CC1=CCC[C@H](CO)[C@@H](OC(N)=O)C(C)=C[C@H](C)[C@@H](O)[C@@H](CO)C[C@H](C)Cc2cc(ccc2F)NC1=O. The smallest absolute Gasteiger partial charge is 0.405 e. The zero-order chi connectivity index (χ0) is 27.7. The standard InChI is InChI=1S/C28H41FN2O6/c1-16-10-21-13-23(8-9-24(21)29)31-27(35)17(2)6-5-7-20(14-32)26(37-28(30)36)19(4)12-18(3)25(34)22(11-16)15-33/h6,8-9,12-13,16,18,20,22,25-26,32-34H,5,7,10-11,14-15H2,1-4H3,(H2,30,36)(H,31,35)/t16-,18+,20-,22-,25-,26+/m1/s1. The number of ether oxygens (including phenoxy) is 1. The van der Waals surface area contributed by atoms with E-state index in [1.165, 1.54) is 12.1 Å². The van der Waals surface area contributed by atoms with Gasteiger partial charge < -0.3 is 31.1 Å². The molecule has 1 aliphatic heterocycles. The van der Waals surface area contributed by atoms with E-state index in [0.29, 0.717) is 48.1 Å². The zero-order valence-electron chi connectivity index (χ0n) is 22.1. The average Bonchev–Trinajstić information content (AvgIpc) is 2.84. The Balaban J connectivity index is 2.47. The van der Waals surface area contributed by atoms with Crippen LogP contribution in [0.2, 0.25) is 0 Å². The molecule has 2 bridgehead atoms. The maximum atomic E-state index is 14.6. The Labute approximate surface area is 218 Å². The van der Waals surface area contributed by atoms with Gasteiger partial charge in [0.2, 0.25) is 0 Å². The van der Waals surface area contributed by atoms with Crippen LogP contribution in [0.5, 0.6) is 0 Å². The maximum Gasteiger partial charge on any atom is 0.405 e. The first kappa shape index (κ1) is 30.5. The van der Waals surface area contributed by atoms with Crippen LogP contribution >= 0.6 is 0 Å². The van der Waals surface area contributed by atoms with Crippen LogP contribution in [0.15, 0.2) is 41.5 Å². The van der Waals surface area contributed by atoms with Crippen molar-refractivity contribution in [1.29, 1.82) is 0 Å². The summed E-state index contributed by atoms with van der Waals surface area (Å²) in [6.07, 6.45) is 2.41. The van der Waals surface area contributed by atoms with Gasteiger partial charge in [0.25, 0.3) is 5.91 Å². The Hall–Kier alpha value is -2.75. The van der Waals surface area contributed by atoms with Gasteiger partial charge in [-0.15, -0.1) is 0 Å². The van der Waals surface area contributed by atoms with Crippen molar-refractivity contribution in [1.82, 2.24) is 0 Å². The molecule has 37 heavy (non-hydrogen) atoms. The molecular weight excluding hydrogens is 479 g/mol. The molecule has 0 saturated carbocycles. The van der Waals surface area contributed by atoms with Crippen molar-refractivity contribution in [3.8, 4) is 0 Å². The second-order valence-electron chi connectivity index (χ2n) is 10.3. The fourth-order valence-corrected chi connectivity index (χ4v) is 5.00. The number of rotatable bonds is 3. The van der Waals surface area contributed by atoms with E-state index in [2.05, 4.69) is 5.32 Å². The van der Waals surface area contributed by atoms with E-state index in [1.807, 2.05) is 6.92 Å². The Morgan fingerprint density at radius 2 is 1.86 bits per heavy atom. The number of primary amides is 1. The largest absolute Gasteiger partial charge is 0.441 e. The third-order valence-corrected chi connectivity index (χ3v) is 7.06. The molecule has 0 aliphatic carbocycles. The van der Waals surface area contributed by atoms with Crippen LogP contribution in [0.3, 0.4) is 0 Å². The molecule has 8 nitrogen and oxygen atoms in total. The molecule has 0 fully saturated rings. The number of benzene rings is 1. The summed E-state index contributed by atoms with van der Waals surface area (Å²) in [4.78, 5) is 24.3.